The van der Waals surface area contributed by atoms with Gasteiger partial charge in [-0.05, 0) is 31.0 Å². The molecule has 1 aromatic heterocycles. The van der Waals surface area contributed by atoms with Crippen molar-refractivity contribution in [2.45, 2.75) is 31.8 Å². The second-order valence-corrected chi connectivity index (χ2v) is 5.65. The predicted octanol–water partition coefficient (Wildman–Crippen LogP) is 2.02. The highest BCUT2D eigenvalue weighted by Crippen LogP contribution is 2.24. The average Bonchev–Trinajstić information content (AvgIpc) is 3.08. The van der Waals surface area contributed by atoms with Gasteiger partial charge in [0.15, 0.2) is 0 Å². The lowest BCUT2D eigenvalue weighted by atomic mass is 9.86. The number of hydrogen-bond acceptors (Lipinski definition) is 5. The number of carbonyl (C=O) groups is 1. The van der Waals surface area contributed by atoms with Crippen LogP contribution in [0, 0.1) is 5.92 Å². The first kappa shape index (κ1) is 14.7. The van der Waals surface area contributed by atoms with E-state index in [0.29, 0.717) is 23.6 Å². The summed E-state index contributed by atoms with van der Waals surface area (Å²) in [6.07, 6.45) is 4.92. The summed E-state index contributed by atoms with van der Waals surface area (Å²) in [5, 5.41) is 20.3. The predicted molar refractivity (Wildman–Crippen MR) is 80.0 cm³/mol. The third kappa shape index (κ3) is 3.33. The third-order valence-electron chi connectivity index (χ3n) is 4.13. The molecule has 1 aliphatic rings. The number of amides is 1. The third-order valence-corrected chi connectivity index (χ3v) is 4.13. The molecule has 6 heteroatoms. The molecule has 1 aromatic carbocycles. The zero-order valence-electron chi connectivity index (χ0n) is 12.2. The van der Waals surface area contributed by atoms with Crippen molar-refractivity contribution in [2.24, 2.45) is 5.92 Å². The summed E-state index contributed by atoms with van der Waals surface area (Å²) >= 11 is 0. The molecular formula is C16H19N3O3. The zero-order valence-corrected chi connectivity index (χ0v) is 12.2. The largest absolute Gasteiger partial charge is 0.423 e. The van der Waals surface area contributed by atoms with Crippen molar-refractivity contribution in [1.82, 2.24) is 15.5 Å². The van der Waals surface area contributed by atoms with Gasteiger partial charge in [0.25, 0.3) is 5.91 Å². The van der Waals surface area contributed by atoms with Crippen molar-refractivity contribution in [3.63, 3.8) is 0 Å². The first-order chi connectivity index (χ1) is 10.7. The SMILES string of the molecule is O=C(NC[C@@H]1CCCC[C@H]1O)c1cccc(-c2nnco2)c1. The first-order valence-electron chi connectivity index (χ1n) is 7.57. The van der Waals surface area contributed by atoms with Crippen molar-refractivity contribution in [2.75, 3.05) is 6.54 Å². The second kappa shape index (κ2) is 6.70. The fraction of sp³-hybridized carbons (Fsp3) is 0.438. The number of rotatable bonds is 4. The van der Waals surface area contributed by atoms with Crippen LogP contribution in [0.3, 0.4) is 0 Å². The molecule has 0 bridgehead atoms. The van der Waals surface area contributed by atoms with Gasteiger partial charge >= 0.3 is 0 Å². The molecule has 22 heavy (non-hydrogen) atoms. The summed E-state index contributed by atoms with van der Waals surface area (Å²) in [4.78, 5) is 12.3. The van der Waals surface area contributed by atoms with Crippen molar-refractivity contribution >= 4 is 5.91 Å². The van der Waals surface area contributed by atoms with Gasteiger partial charge in [-0.15, -0.1) is 10.2 Å². The Balaban J connectivity index is 1.64. The molecule has 0 saturated heterocycles. The Hall–Kier alpha value is -2.21. The van der Waals surface area contributed by atoms with Crippen LogP contribution >= 0.6 is 0 Å². The molecule has 3 rings (SSSR count). The van der Waals surface area contributed by atoms with Crippen LogP contribution in [-0.4, -0.2) is 33.9 Å². The Labute approximate surface area is 128 Å². The topological polar surface area (TPSA) is 88.2 Å². The van der Waals surface area contributed by atoms with E-state index in [4.69, 9.17) is 4.42 Å². The fourth-order valence-electron chi connectivity index (χ4n) is 2.84. The van der Waals surface area contributed by atoms with E-state index in [0.717, 1.165) is 25.7 Å². The second-order valence-electron chi connectivity index (χ2n) is 5.65. The maximum Gasteiger partial charge on any atom is 0.251 e. The molecule has 1 fully saturated rings. The molecule has 2 N–H and O–H groups in total. The Morgan fingerprint density at radius 2 is 2.23 bits per heavy atom. The van der Waals surface area contributed by atoms with Gasteiger partial charge in [0, 0.05) is 23.6 Å². The van der Waals surface area contributed by atoms with Gasteiger partial charge < -0.3 is 14.8 Å². The van der Waals surface area contributed by atoms with Crippen LogP contribution in [0.15, 0.2) is 35.1 Å². The van der Waals surface area contributed by atoms with E-state index in [1.54, 1.807) is 18.2 Å². The van der Waals surface area contributed by atoms with E-state index < -0.39 is 0 Å². The molecule has 1 heterocycles. The normalized spacial score (nSPS) is 21.5. The number of nitrogens with one attached hydrogen (secondary N) is 1. The van der Waals surface area contributed by atoms with Crippen LogP contribution in [0.5, 0.6) is 0 Å². The Bertz CT molecular complexity index is 627. The number of aromatic nitrogens is 2. The van der Waals surface area contributed by atoms with E-state index in [1.807, 2.05) is 6.07 Å². The van der Waals surface area contributed by atoms with Crippen LogP contribution < -0.4 is 5.32 Å². The molecule has 1 saturated carbocycles. The standard InChI is InChI=1S/C16H19N3O3/c20-14-7-2-1-4-13(14)9-17-15(21)11-5-3-6-12(8-11)16-19-18-10-22-16/h3,5-6,8,10,13-14,20H,1-2,4,7,9H2,(H,17,21)/t13-,14+/m0/s1. The minimum absolute atomic E-state index is 0.150. The van der Waals surface area contributed by atoms with Crippen LogP contribution in [0.2, 0.25) is 0 Å². The lowest BCUT2D eigenvalue weighted by Gasteiger charge is -2.27. The van der Waals surface area contributed by atoms with Gasteiger partial charge in [0.2, 0.25) is 12.3 Å². The molecule has 2 atom stereocenters. The summed E-state index contributed by atoms with van der Waals surface area (Å²) in [5.41, 5.74) is 1.25. The highest BCUT2D eigenvalue weighted by molar-refractivity contribution is 5.95. The van der Waals surface area contributed by atoms with E-state index >= 15 is 0 Å². The van der Waals surface area contributed by atoms with Gasteiger partial charge in [0.1, 0.15) is 0 Å². The highest BCUT2D eigenvalue weighted by Gasteiger charge is 2.23. The van der Waals surface area contributed by atoms with E-state index in [-0.39, 0.29) is 17.9 Å². The Kier molecular flexibility index (Phi) is 4.48. The Morgan fingerprint density at radius 3 is 3.00 bits per heavy atom. The minimum Gasteiger partial charge on any atom is -0.423 e. The van der Waals surface area contributed by atoms with Crippen molar-refractivity contribution in [1.29, 1.82) is 0 Å². The lowest BCUT2D eigenvalue weighted by molar-refractivity contribution is 0.0663. The molecular weight excluding hydrogens is 282 g/mol. The van der Waals surface area contributed by atoms with Crippen molar-refractivity contribution in [3.8, 4) is 11.5 Å². The van der Waals surface area contributed by atoms with Gasteiger partial charge in [-0.25, -0.2) is 0 Å². The molecule has 0 unspecified atom stereocenters. The fourth-order valence-corrected chi connectivity index (χ4v) is 2.84. The molecule has 0 aliphatic heterocycles. The zero-order chi connectivity index (χ0) is 15.4. The van der Waals surface area contributed by atoms with E-state index in [9.17, 15) is 9.90 Å². The molecule has 1 amide bonds. The molecule has 2 aromatic rings. The number of aliphatic hydroxyl groups excluding tert-OH is 1. The van der Waals surface area contributed by atoms with Gasteiger partial charge in [-0.1, -0.05) is 18.9 Å². The quantitative estimate of drug-likeness (QED) is 0.902. The van der Waals surface area contributed by atoms with Crippen LogP contribution in [0.4, 0.5) is 0 Å². The number of carbonyl (C=O) groups excluding carboxylic acids is 1. The van der Waals surface area contributed by atoms with Gasteiger partial charge in [0.05, 0.1) is 6.10 Å². The molecule has 6 nitrogen and oxygen atoms in total. The molecule has 1 aliphatic carbocycles. The number of aliphatic hydroxyl groups is 1. The molecule has 116 valence electrons. The maximum atomic E-state index is 12.3. The van der Waals surface area contributed by atoms with Crippen molar-refractivity contribution < 1.29 is 14.3 Å². The highest BCUT2D eigenvalue weighted by atomic mass is 16.4. The maximum absolute atomic E-state index is 12.3. The smallest absolute Gasteiger partial charge is 0.251 e. The Morgan fingerprint density at radius 1 is 1.36 bits per heavy atom. The summed E-state index contributed by atoms with van der Waals surface area (Å²) in [6.45, 7) is 0.505. The van der Waals surface area contributed by atoms with Crippen LogP contribution in [-0.2, 0) is 0 Å². The summed E-state index contributed by atoms with van der Waals surface area (Å²) in [7, 11) is 0. The average molecular weight is 301 g/mol. The van der Waals surface area contributed by atoms with Gasteiger partial charge in [-0.2, -0.15) is 0 Å². The number of hydrogen-bond donors (Lipinski definition) is 2. The minimum atomic E-state index is -0.307. The molecule has 0 spiro atoms. The van der Waals surface area contributed by atoms with Crippen molar-refractivity contribution in [3.05, 3.63) is 36.2 Å². The summed E-state index contributed by atoms with van der Waals surface area (Å²) in [5.74, 6) is 0.383. The van der Waals surface area contributed by atoms with Crippen LogP contribution in [0.1, 0.15) is 36.0 Å². The molecule has 0 radical (unpaired) electrons. The summed E-state index contributed by atoms with van der Waals surface area (Å²) < 4.78 is 5.14. The summed E-state index contributed by atoms with van der Waals surface area (Å²) in [6, 6.07) is 7.06. The van der Waals surface area contributed by atoms with E-state index in [1.165, 1.54) is 6.39 Å². The number of benzene rings is 1. The first-order valence-corrected chi connectivity index (χ1v) is 7.57. The van der Waals surface area contributed by atoms with Crippen LogP contribution in [0.25, 0.3) is 11.5 Å². The lowest BCUT2D eigenvalue weighted by Crippen LogP contribution is -2.36. The monoisotopic (exact) mass is 301 g/mol. The van der Waals surface area contributed by atoms with E-state index in [2.05, 4.69) is 15.5 Å². The van der Waals surface area contributed by atoms with Gasteiger partial charge in [-0.3, -0.25) is 4.79 Å². The number of nitrogens with zero attached hydrogens (tertiary/aromatic N) is 2.